The van der Waals surface area contributed by atoms with Crippen LogP contribution in [-0.2, 0) is 9.53 Å². The summed E-state index contributed by atoms with van der Waals surface area (Å²) in [4.78, 5) is 16.1. The Labute approximate surface area is 164 Å². The summed E-state index contributed by atoms with van der Waals surface area (Å²) < 4.78 is 5.11. The molecule has 3 rings (SSSR count). The normalized spacial score (nSPS) is 15.8. The lowest BCUT2D eigenvalue weighted by atomic mass is 10.2. The van der Waals surface area contributed by atoms with Gasteiger partial charge in [0.1, 0.15) is 0 Å². The van der Waals surface area contributed by atoms with E-state index >= 15 is 0 Å². The molecule has 3 nitrogen and oxygen atoms in total. The van der Waals surface area contributed by atoms with E-state index in [0.29, 0.717) is 25.7 Å². The van der Waals surface area contributed by atoms with Crippen molar-refractivity contribution in [1.29, 1.82) is 0 Å². The summed E-state index contributed by atoms with van der Waals surface area (Å²) in [6, 6.07) is 10.0. The molecule has 1 aliphatic rings. The highest BCUT2D eigenvalue weighted by molar-refractivity contribution is 6.36. The smallest absolute Gasteiger partial charge is 0.363 e. The largest absolute Gasteiger partial charge is 0.403 e. The Morgan fingerprint density at radius 2 is 1.44 bits per heavy atom. The number of hydrogen-bond acceptors (Lipinski definition) is 3. The summed E-state index contributed by atoms with van der Waals surface area (Å²) in [6.07, 6.45) is 4.78. The molecular weight excluding hydrogens is 404 g/mol. The zero-order chi connectivity index (χ0) is 18.0. The predicted molar refractivity (Wildman–Crippen MR) is 103 cm³/mol. The predicted octanol–water partition coefficient (Wildman–Crippen LogP) is 6.31. The minimum Gasteiger partial charge on any atom is -0.403 e. The highest BCUT2D eigenvalue weighted by atomic mass is 35.5. The lowest BCUT2D eigenvalue weighted by Gasteiger charge is -1.98. The van der Waals surface area contributed by atoms with E-state index in [0.717, 1.165) is 5.56 Å². The maximum absolute atomic E-state index is 11.9. The number of halogens is 4. The van der Waals surface area contributed by atoms with E-state index in [-0.39, 0.29) is 11.6 Å². The Kier molecular flexibility index (Phi) is 5.50. The number of hydrogen-bond donors (Lipinski definition) is 0. The summed E-state index contributed by atoms with van der Waals surface area (Å²) >= 11 is 23.9. The molecule has 1 aliphatic heterocycles. The Balaban J connectivity index is 1.84. The lowest BCUT2D eigenvalue weighted by Crippen LogP contribution is -2.01. The molecule has 0 aromatic heterocycles. The summed E-state index contributed by atoms with van der Waals surface area (Å²) in [5.41, 5.74) is 1.49. The molecule has 2 aromatic carbocycles. The molecule has 1 heterocycles. The first-order valence-electron chi connectivity index (χ1n) is 7.03. The summed E-state index contributed by atoms with van der Waals surface area (Å²) in [7, 11) is 0. The minimum absolute atomic E-state index is 0.145. The number of benzene rings is 2. The second kappa shape index (κ2) is 7.63. The third kappa shape index (κ3) is 4.44. The Morgan fingerprint density at radius 1 is 0.840 bits per heavy atom. The van der Waals surface area contributed by atoms with Gasteiger partial charge in [0.15, 0.2) is 5.70 Å². The van der Waals surface area contributed by atoms with Crippen LogP contribution in [0.1, 0.15) is 11.1 Å². The lowest BCUT2D eigenvalue weighted by molar-refractivity contribution is -0.129. The number of esters is 1. The van der Waals surface area contributed by atoms with Crippen LogP contribution >= 0.6 is 46.4 Å². The molecule has 0 spiro atoms. The fourth-order valence-electron chi connectivity index (χ4n) is 2.06. The number of rotatable bonds is 3. The van der Waals surface area contributed by atoms with Crippen molar-refractivity contribution in [2.75, 3.05) is 0 Å². The van der Waals surface area contributed by atoms with Crippen molar-refractivity contribution in [1.82, 2.24) is 0 Å². The average molecular weight is 413 g/mol. The van der Waals surface area contributed by atoms with E-state index in [9.17, 15) is 4.79 Å². The second-order valence-electron chi connectivity index (χ2n) is 5.03. The highest BCUT2D eigenvalue weighted by Gasteiger charge is 2.21. The minimum atomic E-state index is -0.562. The number of aliphatic imine (C=N–C) groups is 1. The van der Waals surface area contributed by atoms with Crippen molar-refractivity contribution >= 4 is 70.4 Å². The number of nitrogens with zero attached hydrogens (tertiary/aromatic N) is 1. The molecule has 0 atom stereocenters. The molecule has 126 valence electrons. The molecule has 0 amide bonds. The number of ether oxygens (including phenoxy) is 1. The van der Waals surface area contributed by atoms with Gasteiger partial charge in [0, 0.05) is 26.2 Å². The zero-order valence-electron chi connectivity index (χ0n) is 12.5. The highest BCUT2D eigenvalue weighted by Crippen LogP contribution is 2.26. The van der Waals surface area contributed by atoms with Crippen LogP contribution in [0.3, 0.4) is 0 Å². The van der Waals surface area contributed by atoms with E-state index in [1.54, 1.807) is 48.6 Å². The Morgan fingerprint density at radius 3 is 2.04 bits per heavy atom. The van der Waals surface area contributed by atoms with Crippen molar-refractivity contribution in [3.05, 3.63) is 79.4 Å². The fourth-order valence-corrected chi connectivity index (χ4v) is 3.00. The number of carbonyl (C=O) groups is 1. The third-order valence-corrected chi connectivity index (χ3v) is 4.38. The molecule has 0 fully saturated rings. The van der Waals surface area contributed by atoms with Crippen LogP contribution < -0.4 is 0 Å². The van der Waals surface area contributed by atoms with Gasteiger partial charge in [-0.3, -0.25) is 0 Å². The standard InChI is InChI=1S/C18H9Cl4NO2/c19-12-4-1-10(14(21)8-12)3-6-17-23-16(18(24)25-17)7-11-2-5-13(20)9-15(11)22/h1-9H. The van der Waals surface area contributed by atoms with E-state index < -0.39 is 5.97 Å². The van der Waals surface area contributed by atoms with E-state index in [2.05, 4.69) is 4.99 Å². The topological polar surface area (TPSA) is 38.7 Å². The second-order valence-corrected chi connectivity index (χ2v) is 6.72. The van der Waals surface area contributed by atoms with Gasteiger partial charge in [-0.05, 0) is 47.5 Å². The average Bonchev–Trinajstić information content (AvgIpc) is 2.89. The van der Waals surface area contributed by atoms with Crippen molar-refractivity contribution in [2.45, 2.75) is 0 Å². The zero-order valence-corrected chi connectivity index (χ0v) is 15.5. The van der Waals surface area contributed by atoms with Gasteiger partial charge < -0.3 is 4.74 Å². The van der Waals surface area contributed by atoms with Crippen LogP contribution in [0.15, 0.2) is 53.2 Å². The van der Waals surface area contributed by atoms with Gasteiger partial charge >= 0.3 is 5.97 Å². The first kappa shape index (κ1) is 18.0. The van der Waals surface area contributed by atoms with Crippen LogP contribution in [0.5, 0.6) is 0 Å². The molecule has 0 bridgehead atoms. The van der Waals surface area contributed by atoms with Crippen LogP contribution in [0.25, 0.3) is 12.2 Å². The molecule has 0 saturated heterocycles. The molecule has 0 N–H and O–H groups in total. The van der Waals surface area contributed by atoms with Crippen LogP contribution in [0.2, 0.25) is 20.1 Å². The van der Waals surface area contributed by atoms with E-state index in [1.807, 2.05) is 0 Å². The quantitative estimate of drug-likeness (QED) is 0.437. The molecule has 25 heavy (non-hydrogen) atoms. The summed E-state index contributed by atoms with van der Waals surface area (Å²) in [5, 5.41) is 1.95. The number of cyclic esters (lactones) is 1. The van der Waals surface area contributed by atoms with Crippen LogP contribution in [-0.4, -0.2) is 11.9 Å². The summed E-state index contributed by atoms with van der Waals surface area (Å²) in [5.74, 6) is -0.403. The number of carbonyl (C=O) groups excluding carboxylic acids is 1. The van der Waals surface area contributed by atoms with Crippen LogP contribution in [0, 0.1) is 0 Å². The van der Waals surface area contributed by atoms with Crippen molar-refractivity contribution in [2.24, 2.45) is 4.99 Å². The van der Waals surface area contributed by atoms with Gasteiger partial charge in [-0.15, -0.1) is 0 Å². The molecule has 0 unspecified atom stereocenters. The van der Waals surface area contributed by atoms with E-state index in [4.69, 9.17) is 51.1 Å². The summed E-state index contributed by atoms with van der Waals surface area (Å²) in [6.45, 7) is 0. The van der Waals surface area contributed by atoms with Gasteiger partial charge in [-0.2, -0.15) is 0 Å². The van der Waals surface area contributed by atoms with Gasteiger partial charge in [-0.1, -0.05) is 58.5 Å². The molecule has 0 aliphatic carbocycles. The fraction of sp³-hybridized carbons (Fsp3) is 0. The van der Waals surface area contributed by atoms with Gasteiger partial charge in [-0.25, -0.2) is 9.79 Å². The maximum atomic E-state index is 11.9. The van der Waals surface area contributed by atoms with E-state index in [1.165, 1.54) is 6.08 Å². The maximum Gasteiger partial charge on any atom is 0.363 e. The molecule has 2 aromatic rings. The van der Waals surface area contributed by atoms with Gasteiger partial charge in [0.25, 0.3) is 0 Å². The van der Waals surface area contributed by atoms with Crippen molar-refractivity contribution in [3.63, 3.8) is 0 Å². The first-order valence-corrected chi connectivity index (χ1v) is 8.54. The Bertz CT molecular complexity index is 948. The molecular formula is C18H9Cl4NO2. The van der Waals surface area contributed by atoms with Crippen LogP contribution in [0.4, 0.5) is 0 Å². The van der Waals surface area contributed by atoms with Crippen molar-refractivity contribution in [3.8, 4) is 0 Å². The van der Waals surface area contributed by atoms with Crippen molar-refractivity contribution < 1.29 is 9.53 Å². The molecule has 7 heteroatoms. The molecule has 0 saturated carbocycles. The molecule has 0 radical (unpaired) electrons. The Hall–Kier alpha value is -1.78. The monoisotopic (exact) mass is 411 g/mol. The first-order chi connectivity index (χ1) is 11.9. The van der Waals surface area contributed by atoms with Gasteiger partial charge in [0.2, 0.25) is 5.90 Å². The SMILES string of the molecule is O=C1OC(C=Cc2ccc(Cl)cc2Cl)=NC1=Cc1ccc(Cl)cc1Cl. The third-order valence-electron chi connectivity index (χ3n) is 3.26. The van der Waals surface area contributed by atoms with Gasteiger partial charge in [0.05, 0.1) is 0 Å².